The number of imidazole rings is 1. The molecule has 28 heavy (non-hydrogen) atoms. The van der Waals surface area contributed by atoms with E-state index < -0.39 is 0 Å². The third kappa shape index (κ3) is 3.54. The highest BCUT2D eigenvalue weighted by molar-refractivity contribution is 5.95. The normalized spacial score (nSPS) is 15.8. The summed E-state index contributed by atoms with van der Waals surface area (Å²) in [5.41, 5.74) is 4.72. The maximum atomic E-state index is 13.2. The predicted octanol–water partition coefficient (Wildman–Crippen LogP) is 3.77. The van der Waals surface area contributed by atoms with E-state index >= 15 is 0 Å². The zero-order valence-corrected chi connectivity index (χ0v) is 16.7. The van der Waals surface area contributed by atoms with E-state index in [9.17, 15) is 4.79 Å². The minimum atomic E-state index is -0.0462. The summed E-state index contributed by atoms with van der Waals surface area (Å²) in [4.78, 5) is 20.4. The van der Waals surface area contributed by atoms with Gasteiger partial charge in [0.15, 0.2) is 0 Å². The van der Waals surface area contributed by atoms with Gasteiger partial charge in [-0.1, -0.05) is 43.3 Å². The lowest BCUT2D eigenvalue weighted by atomic mass is 10.1. The first kappa shape index (κ1) is 18.7. The van der Waals surface area contributed by atoms with Crippen LogP contribution in [0.4, 0.5) is 0 Å². The van der Waals surface area contributed by atoms with Crippen molar-refractivity contribution in [2.24, 2.45) is 0 Å². The molecule has 0 radical (unpaired) electrons. The zero-order valence-electron chi connectivity index (χ0n) is 16.7. The molecule has 0 bridgehead atoms. The van der Waals surface area contributed by atoms with Crippen LogP contribution in [0.3, 0.4) is 0 Å². The Bertz CT molecular complexity index is 957. The Hall–Kier alpha value is -2.66. The molecule has 1 unspecified atom stereocenters. The van der Waals surface area contributed by atoms with Crippen LogP contribution in [0.1, 0.15) is 53.1 Å². The molecule has 1 aliphatic heterocycles. The molecule has 1 amide bonds. The third-order valence-corrected chi connectivity index (χ3v) is 5.69. The lowest BCUT2D eigenvalue weighted by Gasteiger charge is -2.28. The second kappa shape index (κ2) is 8.15. The van der Waals surface area contributed by atoms with Gasteiger partial charge in [0.2, 0.25) is 0 Å². The number of rotatable bonds is 6. The van der Waals surface area contributed by atoms with Gasteiger partial charge in [-0.3, -0.25) is 14.1 Å². The van der Waals surface area contributed by atoms with Crippen LogP contribution in [0.2, 0.25) is 0 Å². The summed E-state index contributed by atoms with van der Waals surface area (Å²) >= 11 is 0. The number of hydrogen-bond acceptors (Lipinski definition) is 3. The number of aryl methyl sites for hydroxylation is 2. The molecule has 1 atom stereocenters. The fourth-order valence-electron chi connectivity index (χ4n) is 4.20. The zero-order chi connectivity index (χ0) is 19.5. The van der Waals surface area contributed by atoms with E-state index in [1.165, 1.54) is 18.4 Å². The van der Waals surface area contributed by atoms with Gasteiger partial charge in [-0.05, 0) is 56.5 Å². The quantitative estimate of drug-likeness (QED) is 0.712. The molecule has 1 saturated heterocycles. The van der Waals surface area contributed by atoms with Gasteiger partial charge in [-0.25, -0.2) is 4.98 Å². The maximum Gasteiger partial charge on any atom is 0.270 e. The minimum absolute atomic E-state index is 0.0462. The number of benzene rings is 1. The molecule has 0 aliphatic carbocycles. The Morgan fingerprint density at radius 2 is 1.89 bits per heavy atom. The van der Waals surface area contributed by atoms with Crippen molar-refractivity contribution in [3.63, 3.8) is 0 Å². The van der Waals surface area contributed by atoms with Crippen molar-refractivity contribution < 1.29 is 4.79 Å². The standard InChI is InChI=1S/C23H28N4O/c1-3-19-21(27-15-9-10-17(2)22(27)25-19)23(28)24-16-20(26-13-7-8-14-26)18-11-5-4-6-12-18/h4-6,9-12,15,20H,3,7-8,13-14,16H2,1-2H3,(H,24,28). The van der Waals surface area contributed by atoms with Crippen molar-refractivity contribution in [3.05, 3.63) is 71.2 Å². The molecule has 2 aromatic heterocycles. The van der Waals surface area contributed by atoms with Crippen LogP contribution in [-0.4, -0.2) is 39.8 Å². The Labute approximate surface area is 166 Å². The van der Waals surface area contributed by atoms with Gasteiger partial charge in [-0.15, -0.1) is 0 Å². The van der Waals surface area contributed by atoms with Crippen LogP contribution in [-0.2, 0) is 6.42 Å². The molecule has 1 N–H and O–H groups in total. The highest BCUT2D eigenvalue weighted by atomic mass is 16.2. The number of aromatic nitrogens is 2. The lowest BCUT2D eigenvalue weighted by Crippen LogP contribution is -2.37. The summed E-state index contributed by atoms with van der Waals surface area (Å²) in [6, 6.07) is 14.7. The average Bonchev–Trinajstić information content (AvgIpc) is 3.37. The minimum Gasteiger partial charge on any atom is -0.349 e. The summed E-state index contributed by atoms with van der Waals surface area (Å²) in [7, 11) is 0. The van der Waals surface area contributed by atoms with Crippen LogP contribution < -0.4 is 5.32 Å². The molecule has 4 rings (SSSR count). The SMILES string of the molecule is CCc1nc2c(C)cccn2c1C(=O)NCC(c1ccccc1)N1CCCC1. The maximum absolute atomic E-state index is 13.2. The number of fused-ring (bicyclic) bond motifs is 1. The first-order valence-corrected chi connectivity index (χ1v) is 10.2. The van der Waals surface area contributed by atoms with E-state index in [-0.39, 0.29) is 11.9 Å². The smallest absolute Gasteiger partial charge is 0.270 e. The highest BCUT2D eigenvalue weighted by Gasteiger charge is 2.25. The molecule has 1 aromatic carbocycles. The molecule has 1 fully saturated rings. The Morgan fingerprint density at radius 1 is 1.14 bits per heavy atom. The first-order chi connectivity index (χ1) is 13.7. The second-order valence-electron chi connectivity index (χ2n) is 7.53. The summed E-state index contributed by atoms with van der Waals surface area (Å²) in [6.45, 7) is 6.85. The van der Waals surface area contributed by atoms with Gasteiger partial charge in [-0.2, -0.15) is 0 Å². The van der Waals surface area contributed by atoms with E-state index in [1.807, 2.05) is 42.6 Å². The summed E-state index contributed by atoms with van der Waals surface area (Å²) in [5.74, 6) is -0.0462. The van der Waals surface area contributed by atoms with Gasteiger partial charge in [0.1, 0.15) is 11.3 Å². The molecule has 5 heteroatoms. The molecular formula is C23H28N4O. The van der Waals surface area contributed by atoms with Crippen molar-refractivity contribution in [1.82, 2.24) is 19.6 Å². The number of nitrogens with one attached hydrogen (secondary N) is 1. The fraction of sp³-hybridized carbons (Fsp3) is 0.391. The van der Waals surface area contributed by atoms with Crippen molar-refractivity contribution in [1.29, 1.82) is 0 Å². The van der Waals surface area contributed by atoms with Crippen molar-refractivity contribution in [3.8, 4) is 0 Å². The first-order valence-electron chi connectivity index (χ1n) is 10.2. The molecular weight excluding hydrogens is 348 g/mol. The lowest BCUT2D eigenvalue weighted by molar-refractivity contribution is 0.0931. The van der Waals surface area contributed by atoms with Gasteiger partial charge in [0.25, 0.3) is 5.91 Å². The number of amides is 1. The average molecular weight is 377 g/mol. The highest BCUT2D eigenvalue weighted by Crippen LogP contribution is 2.25. The van der Waals surface area contributed by atoms with Crippen molar-refractivity contribution in [2.45, 2.75) is 39.2 Å². The largest absolute Gasteiger partial charge is 0.349 e. The van der Waals surface area contributed by atoms with E-state index in [2.05, 4.69) is 34.5 Å². The monoisotopic (exact) mass is 376 g/mol. The number of nitrogens with zero attached hydrogens (tertiary/aromatic N) is 3. The molecule has 146 valence electrons. The van der Waals surface area contributed by atoms with Crippen molar-refractivity contribution in [2.75, 3.05) is 19.6 Å². The van der Waals surface area contributed by atoms with Gasteiger partial charge in [0, 0.05) is 12.7 Å². The number of pyridine rings is 1. The molecule has 1 aliphatic rings. The number of hydrogen-bond donors (Lipinski definition) is 1. The fourth-order valence-corrected chi connectivity index (χ4v) is 4.20. The van der Waals surface area contributed by atoms with E-state index in [4.69, 9.17) is 4.98 Å². The van der Waals surface area contributed by atoms with E-state index in [1.54, 1.807) is 0 Å². The topological polar surface area (TPSA) is 49.6 Å². The van der Waals surface area contributed by atoms with Crippen LogP contribution in [0.15, 0.2) is 48.7 Å². The number of likely N-dealkylation sites (tertiary alicyclic amines) is 1. The number of carbonyl (C=O) groups excluding carboxylic acids is 1. The molecule has 5 nitrogen and oxygen atoms in total. The van der Waals surface area contributed by atoms with E-state index in [0.717, 1.165) is 36.4 Å². The Balaban J connectivity index is 1.59. The van der Waals surface area contributed by atoms with Crippen LogP contribution in [0, 0.1) is 6.92 Å². The molecule has 3 heterocycles. The molecule has 0 spiro atoms. The summed E-state index contributed by atoms with van der Waals surface area (Å²) in [5, 5.41) is 3.21. The second-order valence-corrected chi connectivity index (χ2v) is 7.53. The summed E-state index contributed by atoms with van der Waals surface area (Å²) in [6.07, 6.45) is 5.12. The molecule has 0 saturated carbocycles. The van der Waals surface area contributed by atoms with E-state index in [0.29, 0.717) is 12.2 Å². The Morgan fingerprint density at radius 3 is 2.61 bits per heavy atom. The summed E-state index contributed by atoms with van der Waals surface area (Å²) < 4.78 is 1.93. The van der Waals surface area contributed by atoms with Crippen molar-refractivity contribution >= 4 is 11.6 Å². The van der Waals surface area contributed by atoms with Crippen LogP contribution in [0.5, 0.6) is 0 Å². The van der Waals surface area contributed by atoms with Gasteiger partial charge < -0.3 is 5.32 Å². The molecule has 3 aromatic rings. The third-order valence-electron chi connectivity index (χ3n) is 5.69. The number of carbonyl (C=O) groups is 1. The van der Waals surface area contributed by atoms with Gasteiger partial charge >= 0.3 is 0 Å². The van der Waals surface area contributed by atoms with Crippen LogP contribution >= 0.6 is 0 Å². The van der Waals surface area contributed by atoms with Gasteiger partial charge in [0.05, 0.1) is 11.7 Å². The van der Waals surface area contributed by atoms with Crippen LogP contribution in [0.25, 0.3) is 5.65 Å². The Kier molecular flexibility index (Phi) is 5.44. The predicted molar refractivity (Wildman–Crippen MR) is 112 cm³/mol.